The van der Waals surface area contributed by atoms with Crippen LogP contribution in [0.5, 0.6) is 0 Å². The molecule has 0 radical (unpaired) electrons. The van der Waals surface area contributed by atoms with Crippen LogP contribution in [-0.2, 0) is 22.7 Å². The Morgan fingerprint density at radius 1 is 0.696 bits per heavy atom. The van der Waals surface area contributed by atoms with Crippen LogP contribution in [0.2, 0.25) is 0 Å². The van der Waals surface area contributed by atoms with Crippen LogP contribution >= 0.6 is 24.4 Å². The second-order valence-corrected chi connectivity index (χ2v) is 4.99. The Hall–Kier alpha value is -0.544. The molecule has 4 N–H and O–H groups in total. The maximum absolute atomic E-state index is 5.15. The summed E-state index contributed by atoms with van der Waals surface area (Å²) in [5.41, 5.74) is 12.4. The first-order chi connectivity index (χ1) is 10.6. The Kier molecular flexibility index (Phi) is 13.5. The third kappa shape index (κ3) is 12.5. The maximum atomic E-state index is 5.15. The normalized spacial score (nSPS) is 8.70. The molecule has 0 atom stereocenters. The van der Waals surface area contributed by atoms with E-state index < -0.39 is 0 Å². The van der Waals surface area contributed by atoms with Crippen LogP contribution < -0.4 is 11.5 Å². The monoisotopic (exact) mass is 374 g/mol. The fraction of sp³-hybridized carbons (Fsp3) is 0.125. The first-order valence-electron chi connectivity index (χ1n) is 6.50. The molecule has 2 rings (SSSR count). The zero-order chi connectivity index (χ0) is 16.2. The number of nitrogens with two attached hydrogens (primary N) is 2. The van der Waals surface area contributed by atoms with E-state index in [0.29, 0.717) is 13.2 Å². The average Bonchev–Trinajstić information content (AvgIpc) is 2.53. The predicted molar refractivity (Wildman–Crippen MR) is 103 cm³/mol. The second-order valence-electron chi connectivity index (χ2n) is 4.19. The quantitative estimate of drug-likeness (QED) is 0.632. The molecule has 0 aliphatic carbocycles. The molecule has 2 aromatic carbocycles. The van der Waals surface area contributed by atoms with Gasteiger partial charge in [-0.3, -0.25) is 0 Å². The number of ether oxygens (including phenoxy) is 2. The first-order valence-corrected chi connectivity index (χ1v) is 7.32. The van der Waals surface area contributed by atoms with Crippen molar-refractivity contribution in [1.82, 2.24) is 0 Å². The summed E-state index contributed by atoms with van der Waals surface area (Å²) < 4.78 is 9.87. The zero-order valence-electron chi connectivity index (χ0n) is 12.0. The van der Waals surface area contributed by atoms with E-state index in [1.165, 1.54) is 0 Å². The molecule has 0 amide bonds. The van der Waals surface area contributed by atoms with Crippen molar-refractivity contribution in [3.05, 3.63) is 71.8 Å². The third-order valence-electron chi connectivity index (χ3n) is 2.45. The molecule has 118 valence electrons. The van der Waals surface area contributed by atoms with Gasteiger partial charge in [0.25, 0.3) is 10.3 Å². The van der Waals surface area contributed by atoms with Gasteiger partial charge >= 0.3 is 51.4 Å². The molecule has 0 spiro atoms. The van der Waals surface area contributed by atoms with Gasteiger partial charge in [0.05, 0.1) is 0 Å². The van der Waals surface area contributed by atoms with Crippen LogP contribution in [-0.4, -0.2) is 61.7 Å². The van der Waals surface area contributed by atoms with Gasteiger partial charge < -0.3 is 20.9 Å². The molecule has 0 fully saturated rings. The van der Waals surface area contributed by atoms with E-state index in [0.717, 1.165) is 11.1 Å². The van der Waals surface area contributed by atoms with Crippen molar-refractivity contribution in [1.29, 1.82) is 0 Å². The third-order valence-corrected chi connectivity index (χ3v) is 2.68. The molecule has 0 saturated heterocycles. The minimum absolute atomic E-state index is 0. The Balaban J connectivity index is 0.000000403. The average molecular weight is 375 g/mol. The van der Waals surface area contributed by atoms with Crippen molar-refractivity contribution in [2.75, 3.05) is 0 Å². The van der Waals surface area contributed by atoms with Crippen molar-refractivity contribution in [3.63, 3.8) is 0 Å². The molecule has 0 aromatic heterocycles. The molecular weight excluding hydrogens is 355 g/mol. The minimum atomic E-state index is 0. The van der Waals surface area contributed by atoms with Crippen LogP contribution in [0.1, 0.15) is 11.1 Å². The van der Waals surface area contributed by atoms with Crippen molar-refractivity contribution in [2.45, 2.75) is 13.2 Å². The van der Waals surface area contributed by atoms with E-state index in [2.05, 4.69) is 24.4 Å². The summed E-state index contributed by atoms with van der Waals surface area (Å²) in [5, 5.41) is 0.183. The van der Waals surface area contributed by atoms with Gasteiger partial charge in [0.15, 0.2) is 0 Å². The molecule has 0 bridgehead atoms. The molecule has 7 heteroatoms. The summed E-state index contributed by atoms with van der Waals surface area (Å²) in [4.78, 5) is 0. The van der Waals surface area contributed by atoms with Gasteiger partial charge in [0, 0.05) is 0 Å². The molecule has 0 unspecified atom stereocenters. The van der Waals surface area contributed by atoms with Gasteiger partial charge in [0.2, 0.25) is 0 Å². The Labute approximate surface area is 190 Å². The summed E-state index contributed by atoms with van der Waals surface area (Å²) >= 11 is 9.10. The van der Waals surface area contributed by atoms with Crippen LogP contribution in [0.3, 0.4) is 0 Å². The first kappa shape index (κ1) is 22.5. The van der Waals surface area contributed by atoms with Gasteiger partial charge in [-0.25, -0.2) is 0 Å². The standard InChI is InChI=1S/2C8H9NOS.K.H/c2*9-8(11)10-6-7-4-2-1-3-5-7;;/h2*1-5H,6H2,(H2,9,11);;. The number of thiocarbonyl (C=S) groups is 2. The van der Waals surface area contributed by atoms with Gasteiger partial charge in [0.1, 0.15) is 13.2 Å². The fourth-order valence-corrected chi connectivity index (χ4v) is 1.58. The van der Waals surface area contributed by atoms with Crippen LogP contribution in [0.4, 0.5) is 0 Å². The molecule has 23 heavy (non-hydrogen) atoms. The van der Waals surface area contributed by atoms with Crippen molar-refractivity contribution < 1.29 is 9.47 Å². The van der Waals surface area contributed by atoms with Crippen LogP contribution in [0, 0.1) is 0 Å². The van der Waals surface area contributed by atoms with Crippen molar-refractivity contribution >= 4 is 86.2 Å². The van der Waals surface area contributed by atoms with Gasteiger partial charge in [-0.15, -0.1) is 0 Å². The van der Waals surface area contributed by atoms with E-state index in [-0.39, 0.29) is 61.7 Å². The molecular formula is C16H19KN2O2S2. The molecule has 4 nitrogen and oxygen atoms in total. The molecule has 0 aliphatic rings. The van der Waals surface area contributed by atoms with Crippen molar-refractivity contribution in [2.24, 2.45) is 11.5 Å². The summed E-state index contributed by atoms with van der Waals surface area (Å²) in [6, 6.07) is 19.5. The molecule has 0 saturated carbocycles. The Bertz CT molecular complexity index is 530. The summed E-state index contributed by atoms with van der Waals surface area (Å²) in [7, 11) is 0. The Morgan fingerprint density at radius 3 is 1.26 bits per heavy atom. The molecule has 0 aliphatic heterocycles. The zero-order valence-corrected chi connectivity index (χ0v) is 13.6. The van der Waals surface area contributed by atoms with Gasteiger partial charge in [-0.2, -0.15) is 0 Å². The van der Waals surface area contributed by atoms with E-state index >= 15 is 0 Å². The fourth-order valence-electron chi connectivity index (χ4n) is 1.46. The van der Waals surface area contributed by atoms with Crippen LogP contribution in [0.25, 0.3) is 0 Å². The van der Waals surface area contributed by atoms with E-state index in [4.69, 9.17) is 20.9 Å². The predicted octanol–water partition coefficient (Wildman–Crippen LogP) is 2.25. The van der Waals surface area contributed by atoms with Crippen LogP contribution in [0.15, 0.2) is 60.7 Å². The number of hydrogen-bond acceptors (Lipinski definition) is 4. The molecule has 2 aromatic rings. The number of benzene rings is 2. The van der Waals surface area contributed by atoms with Gasteiger partial charge in [-0.1, -0.05) is 60.7 Å². The summed E-state index contributed by atoms with van der Waals surface area (Å²) in [5.74, 6) is 0. The Morgan fingerprint density at radius 2 is 1.00 bits per heavy atom. The number of hydrogen-bond donors (Lipinski definition) is 2. The summed E-state index contributed by atoms with van der Waals surface area (Å²) in [6.07, 6.45) is 0. The topological polar surface area (TPSA) is 70.5 Å². The SMILES string of the molecule is NC(=S)OCc1ccccc1.NC(=S)OCc1ccccc1.[KH]. The van der Waals surface area contributed by atoms with E-state index in [1.807, 2.05) is 60.7 Å². The number of rotatable bonds is 4. The molecule has 0 heterocycles. The van der Waals surface area contributed by atoms with Gasteiger partial charge in [-0.05, 0) is 35.6 Å². The second kappa shape index (κ2) is 13.9. The van der Waals surface area contributed by atoms with E-state index in [9.17, 15) is 0 Å². The van der Waals surface area contributed by atoms with E-state index in [1.54, 1.807) is 0 Å². The summed E-state index contributed by atoms with van der Waals surface area (Å²) in [6.45, 7) is 0.909. The van der Waals surface area contributed by atoms with Crippen molar-refractivity contribution in [3.8, 4) is 0 Å².